The predicted molar refractivity (Wildman–Crippen MR) is 80.7 cm³/mol. The standard InChI is InChI=1S/C15H19NO3S/c1-5-9(2)13-16-11-7-6-10(8-12(11)20-13)19-15(3,4)14(17)18/h6-9H,5H2,1-4H3,(H,17,18). The van der Waals surface area contributed by atoms with Gasteiger partial charge in [-0.2, -0.15) is 0 Å². The Bertz CT molecular complexity index is 633. The average molecular weight is 293 g/mol. The van der Waals surface area contributed by atoms with Crippen molar-refractivity contribution in [2.75, 3.05) is 0 Å². The second-order valence-corrected chi connectivity index (χ2v) is 6.47. The number of rotatable bonds is 5. The van der Waals surface area contributed by atoms with Crippen molar-refractivity contribution in [3.8, 4) is 5.75 Å². The lowest BCUT2D eigenvalue weighted by Gasteiger charge is -2.21. The van der Waals surface area contributed by atoms with E-state index in [4.69, 9.17) is 9.84 Å². The summed E-state index contributed by atoms with van der Waals surface area (Å²) in [5.74, 6) is 0.0127. The molecule has 0 bridgehead atoms. The predicted octanol–water partition coefficient (Wildman–Crippen LogP) is 4.05. The molecule has 2 aromatic rings. The number of carboxylic acids is 1. The minimum atomic E-state index is -1.24. The Labute approximate surface area is 122 Å². The van der Waals surface area contributed by atoms with Gasteiger partial charge in [-0.05, 0) is 38.5 Å². The molecule has 1 heterocycles. The summed E-state index contributed by atoms with van der Waals surface area (Å²) in [6.45, 7) is 7.37. The van der Waals surface area contributed by atoms with Crippen LogP contribution in [0.1, 0.15) is 45.0 Å². The lowest BCUT2D eigenvalue weighted by atomic mass is 10.1. The fourth-order valence-electron chi connectivity index (χ4n) is 1.71. The fraction of sp³-hybridized carbons (Fsp3) is 0.467. The first-order valence-electron chi connectivity index (χ1n) is 6.66. The van der Waals surface area contributed by atoms with E-state index >= 15 is 0 Å². The van der Waals surface area contributed by atoms with Gasteiger partial charge in [0.1, 0.15) is 5.75 Å². The zero-order valence-corrected chi connectivity index (χ0v) is 13.0. The monoisotopic (exact) mass is 293 g/mol. The van der Waals surface area contributed by atoms with Crippen molar-refractivity contribution in [3.63, 3.8) is 0 Å². The number of carbonyl (C=O) groups is 1. The third kappa shape index (κ3) is 2.93. The van der Waals surface area contributed by atoms with Gasteiger partial charge in [0.15, 0.2) is 5.60 Å². The Kier molecular flexibility index (Phi) is 3.99. The molecule has 108 valence electrons. The zero-order valence-electron chi connectivity index (χ0n) is 12.1. The first-order chi connectivity index (χ1) is 9.33. The van der Waals surface area contributed by atoms with Crippen LogP contribution in [0.5, 0.6) is 5.75 Å². The van der Waals surface area contributed by atoms with Crippen molar-refractivity contribution < 1.29 is 14.6 Å². The Hall–Kier alpha value is -1.62. The molecule has 2 rings (SSSR count). The number of thiazole rings is 1. The molecule has 0 radical (unpaired) electrons. The quantitative estimate of drug-likeness (QED) is 0.903. The number of benzene rings is 1. The van der Waals surface area contributed by atoms with E-state index in [0.717, 1.165) is 21.6 Å². The van der Waals surface area contributed by atoms with Gasteiger partial charge in [-0.1, -0.05) is 13.8 Å². The minimum absolute atomic E-state index is 0.437. The molecule has 1 aromatic carbocycles. The lowest BCUT2D eigenvalue weighted by Crippen LogP contribution is -2.37. The first kappa shape index (κ1) is 14.8. The molecular weight excluding hydrogens is 274 g/mol. The van der Waals surface area contributed by atoms with Gasteiger partial charge in [0.25, 0.3) is 0 Å². The maximum Gasteiger partial charge on any atom is 0.347 e. The maximum atomic E-state index is 11.1. The number of hydrogen-bond acceptors (Lipinski definition) is 4. The van der Waals surface area contributed by atoms with Gasteiger partial charge in [0, 0.05) is 5.92 Å². The van der Waals surface area contributed by atoms with Gasteiger partial charge < -0.3 is 9.84 Å². The van der Waals surface area contributed by atoms with E-state index in [9.17, 15) is 4.79 Å². The molecule has 0 aliphatic heterocycles. The molecule has 0 saturated heterocycles. The Morgan fingerprint density at radius 1 is 1.50 bits per heavy atom. The Morgan fingerprint density at radius 2 is 2.20 bits per heavy atom. The van der Waals surface area contributed by atoms with Crippen LogP contribution in [0, 0.1) is 0 Å². The summed E-state index contributed by atoms with van der Waals surface area (Å²) in [7, 11) is 0. The topological polar surface area (TPSA) is 59.4 Å². The largest absolute Gasteiger partial charge is 0.478 e. The Morgan fingerprint density at radius 3 is 2.80 bits per heavy atom. The highest BCUT2D eigenvalue weighted by Gasteiger charge is 2.29. The molecular formula is C15H19NO3S. The second-order valence-electron chi connectivity index (χ2n) is 5.41. The number of nitrogens with zero attached hydrogens (tertiary/aromatic N) is 1. The highest BCUT2D eigenvalue weighted by atomic mass is 32.1. The van der Waals surface area contributed by atoms with Crippen LogP contribution >= 0.6 is 11.3 Å². The van der Waals surface area contributed by atoms with Crippen LogP contribution in [-0.4, -0.2) is 21.7 Å². The van der Waals surface area contributed by atoms with Crippen molar-refractivity contribution in [3.05, 3.63) is 23.2 Å². The van der Waals surface area contributed by atoms with Crippen molar-refractivity contribution >= 4 is 27.5 Å². The molecule has 5 heteroatoms. The summed E-state index contributed by atoms with van der Waals surface area (Å²) in [4.78, 5) is 15.7. The van der Waals surface area contributed by atoms with Crippen molar-refractivity contribution in [2.24, 2.45) is 0 Å². The van der Waals surface area contributed by atoms with Gasteiger partial charge in [0.05, 0.1) is 15.2 Å². The van der Waals surface area contributed by atoms with E-state index in [2.05, 4.69) is 18.8 Å². The number of hydrogen-bond donors (Lipinski definition) is 1. The van der Waals surface area contributed by atoms with E-state index in [1.54, 1.807) is 17.4 Å². The number of fused-ring (bicyclic) bond motifs is 1. The smallest absolute Gasteiger partial charge is 0.347 e. The van der Waals surface area contributed by atoms with Crippen LogP contribution in [0.4, 0.5) is 0 Å². The van der Waals surface area contributed by atoms with Crippen LogP contribution in [0.2, 0.25) is 0 Å². The number of aromatic nitrogens is 1. The number of carboxylic acid groups (broad SMARTS) is 1. The molecule has 0 spiro atoms. The molecule has 0 amide bonds. The van der Waals surface area contributed by atoms with Crippen molar-refractivity contribution in [1.82, 2.24) is 4.98 Å². The first-order valence-corrected chi connectivity index (χ1v) is 7.48. The van der Waals surface area contributed by atoms with Gasteiger partial charge in [-0.15, -0.1) is 11.3 Å². The van der Waals surface area contributed by atoms with Crippen molar-refractivity contribution in [2.45, 2.75) is 45.6 Å². The molecule has 0 fully saturated rings. The highest BCUT2D eigenvalue weighted by molar-refractivity contribution is 7.18. The summed E-state index contributed by atoms with van der Waals surface area (Å²) in [6, 6.07) is 5.52. The second kappa shape index (κ2) is 5.40. The molecule has 20 heavy (non-hydrogen) atoms. The zero-order chi connectivity index (χ0) is 14.9. The molecule has 1 unspecified atom stereocenters. The van der Waals surface area contributed by atoms with Gasteiger partial charge >= 0.3 is 5.97 Å². The molecule has 0 saturated carbocycles. The van der Waals surface area contributed by atoms with Crippen LogP contribution in [0.3, 0.4) is 0 Å². The molecule has 4 nitrogen and oxygen atoms in total. The molecule has 1 atom stereocenters. The normalized spacial score (nSPS) is 13.4. The summed E-state index contributed by atoms with van der Waals surface area (Å²) >= 11 is 1.64. The van der Waals surface area contributed by atoms with Crippen LogP contribution < -0.4 is 4.74 Å². The van der Waals surface area contributed by atoms with Gasteiger partial charge in [-0.25, -0.2) is 9.78 Å². The third-order valence-corrected chi connectivity index (χ3v) is 4.55. The molecule has 0 aliphatic rings. The molecule has 1 N–H and O–H groups in total. The summed E-state index contributed by atoms with van der Waals surface area (Å²) in [6.07, 6.45) is 1.05. The SMILES string of the molecule is CCC(C)c1nc2ccc(OC(C)(C)C(=O)O)cc2s1. The maximum absolute atomic E-state index is 11.1. The highest BCUT2D eigenvalue weighted by Crippen LogP contribution is 2.32. The average Bonchev–Trinajstić information content (AvgIpc) is 2.80. The van der Waals surface area contributed by atoms with E-state index < -0.39 is 11.6 Å². The third-order valence-electron chi connectivity index (χ3n) is 3.30. The molecule has 1 aromatic heterocycles. The van der Waals surface area contributed by atoms with Crippen LogP contribution in [0.25, 0.3) is 10.2 Å². The van der Waals surface area contributed by atoms with E-state index in [-0.39, 0.29) is 0 Å². The Balaban J connectivity index is 2.32. The van der Waals surface area contributed by atoms with E-state index in [1.807, 2.05) is 12.1 Å². The van der Waals surface area contributed by atoms with Crippen LogP contribution in [0.15, 0.2) is 18.2 Å². The van der Waals surface area contributed by atoms with Gasteiger partial charge in [-0.3, -0.25) is 0 Å². The summed E-state index contributed by atoms with van der Waals surface area (Å²) in [5.41, 5.74) is -0.302. The van der Waals surface area contributed by atoms with Gasteiger partial charge in [0.2, 0.25) is 0 Å². The van der Waals surface area contributed by atoms with E-state index in [1.165, 1.54) is 13.8 Å². The number of ether oxygens (including phenoxy) is 1. The minimum Gasteiger partial charge on any atom is -0.478 e. The fourth-order valence-corrected chi connectivity index (χ4v) is 2.84. The molecule has 0 aliphatic carbocycles. The summed E-state index contributed by atoms with van der Waals surface area (Å²) in [5, 5.41) is 10.2. The van der Waals surface area contributed by atoms with Crippen LogP contribution in [-0.2, 0) is 4.79 Å². The van der Waals surface area contributed by atoms with Crippen molar-refractivity contribution in [1.29, 1.82) is 0 Å². The summed E-state index contributed by atoms with van der Waals surface area (Å²) < 4.78 is 6.57. The van der Waals surface area contributed by atoms with E-state index in [0.29, 0.717) is 11.7 Å². The number of aliphatic carboxylic acids is 1. The lowest BCUT2D eigenvalue weighted by molar-refractivity contribution is -0.152.